The van der Waals surface area contributed by atoms with Crippen LogP contribution in [0, 0.1) is 0 Å². The maximum absolute atomic E-state index is 13.3. The van der Waals surface area contributed by atoms with Crippen LogP contribution in [0.5, 0.6) is 0 Å². The summed E-state index contributed by atoms with van der Waals surface area (Å²) in [4.78, 5) is 24.3. The van der Waals surface area contributed by atoms with E-state index in [0.29, 0.717) is 16.9 Å². The summed E-state index contributed by atoms with van der Waals surface area (Å²) in [6.07, 6.45) is 1.50. The molecular formula is C24H22N2O4S. The maximum Gasteiger partial charge on any atom is 0.264 e. The SMILES string of the molecule is C=CCN(c1ccccc1)S(=O)(=O)c1cccc(C(=O)Nc2cccc(C(C)=O)c2)c1. The van der Waals surface area contributed by atoms with Crippen molar-refractivity contribution < 1.29 is 18.0 Å². The topological polar surface area (TPSA) is 83.6 Å². The Morgan fingerprint density at radius 3 is 2.29 bits per heavy atom. The van der Waals surface area contributed by atoms with Crippen LogP contribution in [0.2, 0.25) is 0 Å². The van der Waals surface area contributed by atoms with Gasteiger partial charge in [-0.25, -0.2) is 8.42 Å². The monoisotopic (exact) mass is 434 g/mol. The summed E-state index contributed by atoms with van der Waals surface area (Å²) < 4.78 is 27.8. The quantitative estimate of drug-likeness (QED) is 0.417. The van der Waals surface area contributed by atoms with Crippen LogP contribution in [-0.2, 0) is 10.0 Å². The first-order chi connectivity index (χ1) is 14.8. The molecule has 0 aliphatic carbocycles. The Labute approximate surface area is 181 Å². The number of hydrogen-bond donors (Lipinski definition) is 1. The number of ketones is 1. The second-order valence-corrected chi connectivity index (χ2v) is 8.64. The molecule has 0 unspecified atom stereocenters. The second kappa shape index (κ2) is 9.40. The minimum Gasteiger partial charge on any atom is -0.322 e. The Hall–Kier alpha value is -3.71. The maximum atomic E-state index is 13.3. The molecule has 0 aliphatic rings. The lowest BCUT2D eigenvalue weighted by atomic mass is 10.1. The van der Waals surface area contributed by atoms with Gasteiger partial charge in [-0.2, -0.15) is 0 Å². The van der Waals surface area contributed by atoms with Crippen LogP contribution in [0.1, 0.15) is 27.6 Å². The zero-order chi connectivity index (χ0) is 22.4. The third kappa shape index (κ3) is 5.07. The Kier molecular flexibility index (Phi) is 6.67. The number of anilines is 2. The second-order valence-electron chi connectivity index (χ2n) is 6.78. The molecule has 3 rings (SSSR count). The van der Waals surface area contributed by atoms with Gasteiger partial charge in [-0.1, -0.05) is 42.5 Å². The highest BCUT2D eigenvalue weighted by molar-refractivity contribution is 7.92. The van der Waals surface area contributed by atoms with E-state index in [4.69, 9.17) is 0 Å². The standard InChI is InChI=1S/C24H22N2O4S/c1-3-15-26(22-12-5-4-6-13-22)31(29,30)23-14-8-10-20(17-23)24(28)25-21-11-7-9-19(16-21)18(2)27/h3-14,16-17H,1,15H2,2H3,(H,25,28). The van der Waals surface area contributed by atoms with Crippen LogP contribution >= 0.6 is 0 Å². The predicted octanol–water partition coefficient (Wildman–Crippen LogP) is 4.52. The van der Waals surface area contributed by atoms with E-state index in [0.717, 1.165) is 0 Å². The van der Waals surface area contributed by atoms with Gasteiger partial charge in [0.2, 0.25) is 0 Å². The minimum atomic E-state index is -3.93. The van der Waals surface area contributed by atoms with Gasteiger partial charge >= 0.3 is 0 Å². The van der Waals surface area contributed by atoms with E-state index in [2.05, 4.69) is 11.9 Å². The van der Waals surface area contributed by atoms with E-state index in [9.17, 15) is 18.0 Å². The number of hydrogen-bond acceptors (Lipinski definition) is 4. The van der Waals surface area contributed by atoms with Crippen LogP contribution in [0.4, 0.5) is 11.4 Å². The lowest BCUT2D eigenvalue weighted by Gasteiger charge is -2.23. The molecule has 1 amide bonds. The average molecular weight is 435 g/mol. The van der Waals surface area contributed by atoms with Gasteiger partial charge in [0.05, 0.1) is 17.1 Å². The van der Waals surface area contributed by atoms with Crippen molar-refractivity contribution in [3.63, 3.8) is 0 Å². The third-order valence-electron chi connectivity index (χ3n) is 4.55. The van der Waals surface area contributed by atoms with Crippen molar-refractivity contribution in [3.8, 4) is 0 Å². The third-order valence-corrected chi connectivity index (χ3v) is 6.34. The Balaban J connectivity index is 1.91. The van der Waals surface area contributed by atoms with E-state index in [1.54, 1.807) is 54.6 Å². The number of nitrogens with zero attached hydrogens (tertiary/aromatic N) is 1. The highest BCUT2D eigenvalue weighted by atomic mass is 32.2. The molecule has 0 spiro atoms. The molecule has 0 radical (unpaired) electrons. The zero-order valence-corrected chi connectivity index (χ0v) is 17.8. The molecule has 158 valence electrons. The van der Waals surface area contributed by atoms with Crippen LogP contribution in [0.3, 0.4) is 0 Å². The number of carbonyl (C=O) groups excluding carboxylic acids is 2. The number of amides is 1. The lowest BCUT2D eigenvalue weighted by Crippen LogP contribution is -2.31. The molecule has 0 aliphatic heterocycles. The first-order valence-electron chi connectivity index (χ1n) is 9.54. The van der Waals surface area contributed by atoms with E-state index in [-0.39, 0.29) is 22.8 Å². The fraction of sp³-hybridized carbons (Fsp3) is 0.0833. The summed E-state index contributed by atoms with van der Waals surface area (Å²) in [6, 6.07) is 21.1. The smallest absolute Gasteiger partial charge is 0.264 e. The van der Waals surface area contributed by atoms with Gasteiger partial charge < -0.3 is 5.32 Å². The van der Waals surface area contributed by atoms with E-state index >= 15 is 0 Å². The Bertz CT molecular complexity index is 1220. The van der Waals surface area contributed by atoms with Gasteiger partial charge in [0, 0.05) is 16.8 Å². The van der Waals surface area contributed by atoms with Gasteiger partial charge in [0.1, 0.15) is 0 Å². The molecule has 7 heteroatoms. The Morgan fingerprint density at radius 1 is 0.935 bits per heavy atom. The van der Waals surface area contributed by atoms with Crippen molar-refractivity contribution in [1.82, 2.24) is 0 Å². The number of para-hydroxylation sites is 1. The summed E-state index contributed by atoms with van der Waals surface area (Å²) in [5.74, 6) is -0.597. The summed E-state index contributed by atoms with van der Waals surface area (Å²) >= 11 is 0. The van der Waals surface area contributed by atoms with Crippen molar-refractivity contribution in [2.45, 2.75) is 11.8 Å². The van der Waals surface area contributed by atoms with E-state index in [1.165, 1.54) is 41.6 Å². The van der Waals surface area contributed by atoms with Crippen LogP contribution in [0.15, 0.2) is 96.4 Å². The summed E-state index contributed by atoms with van der Waals surface area (Å²) in [5.41, 5.74) is 1.60. The normalized spacial score (nSPS) is 10.9. The molecule has 31 heavy (non-hydrogen) atoms. The number of nitrogens with one attached hydrogen (secondary N) is 1. The molecule has 0 aromatic heterocycles. The fourth-order valence-corrected chi connectivity index (χ4v) is 4.48. The predicted molar refractivity (Wildman–Crippen MR) is 122 cm³/mol. The van der Waals surface area contributed by atoms with Gasteiger partial charge in [0.25, 0.3) is 15.9 Å². The lowest BCUT2D eigenvalue weighted by molar-refractivity contribution is 0.101. The highest BCUT2D eigenvalue weighted by Crippen LogP contribution is 2.24. The summed E-state index contributed by atoms with van der Waals surface area (Å²) in [6.45, 7) is 5.18. The molecule has 0 saturated heterocycles. The van der Waals surface area contributed by atoms with Crippen molar-refractivity contribution in [3.05, 3.63) is 103 Å². The fourth-order valence-electron chi connectivity index (χ4n) is 3.00. The highest BCUT2D eigenvalue weighted by Gasteiger charge is 2.25. The van der Waals surface area contributed by atoms with Crippen LogP contribution in [-0.4, -0.2) is 26.7 Å². The summed E-state index contributed by atoms with van der Waals surface area (Å²) in [5, 5.41) is 2.70. The molecular weight excluding hydrogens is 412 g/mol. The minimum absolute atomic E-state index is 0.0108. The molecule has 3 aromatic carbocycles. The molecule has 6 nitrogen and oxygen atoms in total. The molecule has 1 N–H and O–H groups in total. The number of benzene rings is 3. The molecule has 0 saturated carbocycles. The first-order valence-corrected chi connectivity index (χ1v) is 11.0. The molecule has 3 aromatic rings. The van der Waals surface area contributed by atoms with Crippen molar-refractivity contribution in [2.24, 2.45) is 0 Å². The molecule has 0 bridgehead atoms. The van der Waals surface area contributed by atoms with E-state index < -0.39 is 15.9 Å². The van der Waals surface area contributed by atoms with Crippen molar-refractivity contribution in [1.29, 1.82) is 0 Å². The summed E-state index contributed by atoms with van der Waals surface area (Å²) in [7, 11) is -3.93. The largest absolute Gasteiger partial charge is 0.322 e. The number of Topliss-reactive ketones (excluding diaryl/α,β-unsaturated/α-hetero) is 1. The van der Waals surface area contributed by atoms with Crippen LogP contribution < -0.4 is 9.62 Å². The molecule has 0 fully saturated rings. The van der Waals surface area contributed by atoms with Gasteiger partial charge in [-0.3, -0.25) is 13.9 Å². The average Bonchev–Trinajstić information content (AvgIpc) is 2.78. The first kappa shape index (κ1) is 22.0. The Morgan fingerprint density at radius 2 is 1.61 bits per heavy atom. The van der Waals surface area contributed by atoms with Crippen molar-refractivity contribution in [2.75, 3.05) is 16.2 Å². The molecule has 0 heterocycles. The zero-order valence-electron chi connectivity index (χ0n) is 17.0. The number of carbonyl (C=O) groups is 2. The van der Waals surface area contributed by atoms with Crippen LogP contribution in [0.25, 0.3) is 0 Å². The number of sulfonamides is 1. The van der Waals surface area contributed by atoms with Crippen molar-refractivity contribution >= 4 is 33.1 Å². The van der Waals surface area contributed by atoms with Gasteiger partial charge in [-0.15, -0.1) is 6.58 Å². The number of rotatable bonds is 8. The van der Waals surface area contributed by atoms with Gasteiger partial charge in [0.15, 0.2) is 5.78 Å². The molecule has 0 atom stereocenters. The van der Waals surface area contributed by atoms with Gasteiger partial charge in [-0.05, 0) is 49.4 Å². The van der Waals surface area contributed by atoms with E-state index in [1.807, 2.05) is 0 Å².